The first-order chi connectivity index (χ1) is 17.4. The van der Waals surface area contributed by atoms with Crippen LogP contribution in [0.5, 0.6) is 0 Å². The lowest BCUT2D eigenvalue weighted by Crippen LogP contribution is -2.55. The third-order valence-electron chi connectivity index (χ3n) is 5.74. The summed E-state index contributed by atoms with van der Waals surface area (Å²) in [5.41, 5.74) is -1.54. The number of nitrogens with zero attached hydrogens (tertiary/aromatic N) is 2. The molecule has 1 aliphatic rings. The molecule has 1 unspecified atom stereocenters. The van der Waals surface area contributed by atoms with E-state index >= 15 is 0 Å². The van der Waals surface area contributed by atoms with E-state index in [0.29, 0.717) is 17.8 Å². The van der Waals surface area contributed by atoms with Crippen LogP contribution in [0.15, 0.2) is 53.1 Å². The number of aryl methyl sites for hydroxylation is 1. The Morgan fingerprint density at radius 3 is 1.97 bits per heavy atom. The van der Waals surface area contributed by atoms with Crippen molar-refractivity contribution < 1.29 is 40.3 Å². The van der Waals surface area contributed by atoms with E-state index in [-0.39, 0.29) is 21.3 Å². The summed E-state index contributed by atoms with van der Waals surface area (Å²) in [6.07, 6.45) is -12.6. The van der Waals surface area contributed by atoms with Crippen molar-refractivity contribution in [3.05, 3.63) is 69.8 Å². The molecule has 6 nitrogen and oxygen atoms in total. The number of nitrogens with one attached hydrogen (secondary N) is 1. The minimum atomic E-state index is -6.29. The highest BCUT2D eigenvalue weighted by Crippen LogP contribution is 2.54. The highest BCUT2D eigenvalue weighted by molar-refractivity contribution is 9.12. The number of halogens is 8. The number of benzene rings is 2. The van der Waals surface area contributed by atoms with Gasteiger partial charge in [-0.2, -0.15) is 26.3 Å². The molecule has 0 radical (unpaired) electrons. The SMILES string of the molecule is Cc1cc(C(F)(C(F)(F)F)C(F)(F)F)ccc1C1=C(Br)N(c2ccccc2)N(C(N)=O)C1C(=O)NC(C)C. The maximum absolute atomic E-state index is 14.7. The lowest BCUT2D eigenvalue weighted by atomic mass is 9.88. The van der Waals surface area contributed by atoms with E-state index in [1.165, 1.54) is 5.01 Å². The molecule has 0 aliphatic carbocycles. The number of primary amides is 1. The van der Waals surface area contributed by atoms with E-state index < -0.39 is 47.6 Å². The van der Waals surface area contributed by atoms with E-state index in [4.69, 9.17) is 5.73 Å². The average Bonchev–Trinajstić information content (AvgIpc) is 3.10. The molecule has 3 amide bonds. The first kappa shape index (κ1) is 29.3. The van der Waals surface area contributed by atoms with Gasteiger partial charge in [-0.1, -0.05) is 36.4 Å². The highest BCUT2D eigenvalue weighted by Gasteiger charge is 2.73. The van der Waals surface area contributed by atoms with E-state index in [1.807, 2.05) is 0 Å². The van der Waals surface area contributed by atoms with E-state index in [1.54, 1.807) is 44.2 Å². The zero-order valence-electron chi connectivity index (χ0n) is 20.1. The van der Waals surface area contributed by atoms with Gasteiger partial charge in [0.25, 0.3) is 0 Å². The normalized spacial score (nSPS) is 16.9. The van der Waals surface area contributed by atoms with Gasteiger partial charge in [-0.25, -0.2) is 19.2 Å². The van der Waals surface area contributed by atoms with Crippen LogP contribution in [0.25, 0.3) is 5.57 Å². The fourth-order valence-electron chi connectivity index (χ4n) is 4.12. The molecule has 1 heterocycles. The van der Waals surface area contributed by atoms with Crippen LogP contribution in [-0.2, 0) is 10.5 Å². The monoisotopic (exact) mass is 610 g/mol. The summed E-state index contributed by atoms with van der Waals surface area (Å²) >= 11 is 3.33. The van der Waals surface area contributed by atoms with Crippen LogP contribution in [0.2, 0.25) is 0 Å². The van der Waals surface area contributed by atoms with Crippen LogP contribution in [-0.4, -0.2) is 41.4 Å². The summed E-state index contributed by atoms with van der Waals surface area (Å²) < 4.78 is 94.7. The zero-order chi connectivity index (χ0) is 28.8. The van der Waals surface area contributed by atoms with Gasteiger partial charge in [0.05, 0.1) is 5.69 Å². The number of alkyl halides is 7. The molecule has 2 aromatic carbocycles. The van der Waals surface area contributed by atoms with Gasteiger partial charge in [-0.05, 0) is 60.0 Å². The summed E-state index contributed by atoms with van der Waals surface area (Å²) in [6.45, 7) is 4.45. The summed E-state index contributed by atoms with van der Waals surface area (Å²) in [5.74, 6) is -0.724. The second-order valence-corrected chi connectivity index (χ2v) is 9.54. The van der Waals surface area contributed by atoms with Crippen LogP contribution >= 0.6 is 15.9 Å². The third-order valence-corrected chi connectivity index (χ3v) is 6.51. The number of hydrogen-bond donors (Lipinski definition) is 2. The van der Waals surface area contributed by atoms with Crippen LogP contribution in [0.1, 0.15) is 30.5 Å². The molecule has 3 rings (SSSR count). The third kappa shape index (κ3) is 4.93. The number of carbonyl (C=O) groups excluding carboxylic acids is 2. The first-order valence-electron chi connectivity index (χ1n) is 11.0. The summed E-state index contributed by atoms with van der Waals surface area (Å²) in [7, 11) is 0. The van der Waals surface area contributed by atoms with Gasteiger partial charge in [-0.3, -0.25) is 4.79 Å². The second-order valence-electron chi connectivity index (χ2n) is 8.78. The lowest BCUT2D eigenvalue weighted by Gasteiger charge is -2.33. The van der Waals surface area contributed by atoms with Gasteiger partial charge < -0.3 is 11.1 Å². The average molecular weight is 611 g/mol. The van der Waals surface area contributed by atoms with Crippen LogP contribution < -0.4 is 16.1 Å². The van der Waals surface area contributed by atoms with E-state index in [9.17, 15) is 40.3 Å². The number of anilines is 1. The Kier molecular flexibility index (Phi) is 7.79. The molecule has 0 spiro atoms. The lowest BCUT2D eigenvalue weighted by molar-refractivity contribution is -0.348. The molecule has 0 bridgehead atoms. The van der Waals surface area contributed by atoms with Crippen LogP contribution in [0.3, 0.4) is 0 Å². The molecule has 0 saturated carbocycles. The molecule has 0 saturated heterocycles. The molecule has 0 fully saturated rings. The van der Waals surface area contributed by atoms with Crippen molar-refractivity contribution in [1.29, 1.82) is 0 Å². The predicted octanol–water partition coefficient (Wildman–Crippen LogP) is 6.06. The Balaban J connectivity index is 2.28. The van der Waals surface area contributed by atoms with Crippen molar-refractivity contribution in [2.45, 2.75) is 50.9 Å². The number of amides is 3. The Morgan fingerprint density at radius 2 is 1.53 bits per heavy atom. The van der Waals surface area contributed by atoms with Gasteiger partial charge in [0, 0.05) is 17.2 Å². The number of rotatable bonds is 5. The number of hydrazine groups is 1. The Morgan fingerprint density at radius 1 is 0.974 bits per heavy atom. The van der Waals surface area contributed by atoms with Crippen LogP contribution in [0.4, 0.5) is 41.2 Å². The molecule has 1 atom stereocenters. The Bertz CT molecular complexity index is 1250. The number of para-hydroxylation sites is 1. The maximum Gasteiger partial charge on any atom is 0.435 e. The van der Waals surface area contributed by atoms with Gasteiger partial charge in [0.2, 0.25) is 5.91 Å². The number of nitrogens with two attached hydrogens (primary N) is 1. The van der Waals surface area contributed by atoms with Crippen LogP contribution in [0, 0.1) is 6.92 Å². The predicted molar refractivity (Wildman–Crippen MR) is 129 cm³/mol. The first-order valence-corrected chi connectivity index (χ1v) is 11.8. The maximum atomic E-state index is 14.7. The molecular formula is C24H22BrF7N4O2. The fourth-order valence-corrected chi connectivity index (χ4v) is 4.93. The zero-order valence-corrected chi connectivity index (χ0v) is 21.7. The molecular weight excluding hydrogens is 589 g/mol. The second kappa shape index (κ2) is 10.1. The smallest absolute Gasteiger partial charge is 0.352 e. The number of urea groups is 1. The molecule has 206 valence electrons. The molecule has 1 aliphatic heterocycles. The summed E-state index contributed by atoms with van der Waals surface area (Å²) in [6, 6.07) is 6.77. The van der Waals surface area contributed by atoms with Crippen molar-refractivity contribution >= 4 is 39.1 Å². The van der Waals surface area contributed by atoms with Crippen molar-refractivity contribution in [1.82, 2.24) is 10.3 Å². The standard InChI is InChI=1S/C24H22BrF7N4O2/c1-12(2)34-20(37)18-17(19(25)35(36(18)21(33)38)15-7-5-4-6-8-15)16-10-9-14(11-13(16)3)22(26,23(27,28)29)24(30,31)32/h4-12,18H,1-3H3,(H2,33,38)(H,34,37). The van der Waals surface area contributed by atoms with Crippen molar-refractivity contribution in [3.8, 4) is 0 Å². The van der Waals surface area contributed by atoms with Crippen molar-refractivity contribution in [2.24, 2.45) is 5.73 Å². The Hall–Kier alpha value is -3.29. The fraction of sp³-hybridized carbons (Fsp3) is 0.333. The van der Waals surface area contributed by atoms with Gasteiger partial charge >= 0.3 is 24.1 Å². The number of carbonyl (C=O) groups is 2. The Labute approximate surface area is 221 Å². The van der Waals surface area contributed by atoms with Crippen molar-refractivity contribution in [3.63, 3.8) is 0 Å². The summed E-state index contributed by atoms with van der Waals surface area (Å²) in [4.78, 5) is 25.9. The largest absolute Gasteiger partial charge is 0.435 e. The highest BCUT2D eigenvalue weighted by atomic mass is 79.9. The molecule has 38 heavy (non-hydrogen) atoms. The minimum absolute atomic E-state index is 0.0123. The quantitative estimate of drug-likeness (QED) is 0.319. The minimum Gasteiger partial charge on any atom is -0.352 e. The van der Waals surface area contributed by atoms with E-state index in [2.05, 4.69) is 21.2 Å². The number of hydrogen-bond acceptors (Lipinski definition) is 3. The molecule has 2 aromatic rings. The van der Waals surface area contributed by atoms with E-state index in [0.717, 1.165) is 18.0 Å². The van der Waals surface area contributed by atoms with Crippen molar-refractivity contribution in [2.75, 3.05) is 5.01 Å². The molecule has 0 aromatic heterocycles. The van der Waals surface area contributed by atoms with Gasteiger partial charge in [0.15, 0.2) is 6.04 Å². The van der Waals surface area contributed by atoms with Gasteiger partial charge in [-0.15, -0.1) is 0 Å². The topological polar surface area (TPSA) is 78.7 Å². The summed E-state index contributed by atoms with van der Waals surface area (Å²) in [5, 5.41) is 4.77. The van der Waals surface area contributed by atoms with Gasteiger partial charge in [0.1, 0.15) is 4.61 Å². The molecule has 14 heteroatoms. The molecule has 3 N–H and O–H groups in total.